The molecule has 0 N–H and O–H groups in total. The summed E-state index contributed by atoms with van der Waals surface area (Å²) in [5.74, 6) is -1.39. The van der Waals surface area contributed by atoms with Gasteiger partial charge >= 0.3 is 11.9 Å². The number of nitro benzene ring substituents is 1. The number of non-ortho nitro benzene ring substituents is 1. The van der Waals surface area contributed by atoms with Gasteiger partial charge in [0.05, 0.1) is 34.8 Å². The molecule has 2 aromatic rings. The Labute approximate surface area is 166 Å². The predicted molar refractivity (Wildman–Crippen MR) is 102 cm³/mol. The first-order chi connectivity index (χ1) is 13.7. The fraction of sp³-hybridized carbons (Fsp3) is 0.222. The molecule has 2 aromatic carbocycles. The van der Waals surface area contributed by atoms with Crippen LogP contribution in [-0.4, -0.2) is 45.5 Å². The van der Waals surface area contributed by atoms with Gasteiger partial charge in [0.15, 0.2) is 0 Å². The number of hydrogen-bond donors (Lipinski definition) is 0. The quantitative estimate of drug-likeness (QED) is 0.359. The summed E-state index contributed by atoms with van der Waals surface area (Å²) >= 11 is 0. The van der Waals surface area contributed by atoms with Crippen molar-refractivity contribution in [2.75, 3.05) is 24.6 Å². The van der Waals surface area contributed by atoms with Crippen molar-refractivity contribution in [3.05, 3.63) is 64.2 Å². The normalized spacial score (nSPS) is 10.8. The third-order valence-electron chi connectivity index (χ3n) is 3.79. The van der Waals surface area contributed by atoms with Crippen LogP contribution in [0.15, 0.2) is 53.4 Å². The highest BCUT2D eigenvalue weighted by Gasteiger charge is 2.28. The van der Waals surface area contributed by atoms with Crippen molar-refractivity contribution in [1.82, 2.24) is 0 Å². The van der Waals surface area contributed by atoms with E-state index in [0.717, 1.165) is 28.6 Å². The number of rotatable bonds is 8. The minimum atomic E-state index is -4.25. The van der Waals surface area contributed by atoms with E-state index in [0.29, 0.717) is 0 Å². The lowest BCUT2D eigenvalue weighted by atomic mass is 10.2. The van der Waals surface area contributed by atoms with E-state index in [1.54, 1.807) is 6.92 Å². The van der Waals surface area contributed by atoms with E-state index in [-0.39, 0.29) is 28.4 Å². The van der Waals surface area contributed by atoms with Gasteiger partial charge in [-0.3, -0.25) is 19.2 Å². The van der Waals surface area contributed by atoms with E-state index in [9.17, 15) is 28.1 Å². The van der Waals surface area contributed by atoms with Crippen molar-refractivity contribution in [3.63, 3.8) is 0 Å². The van der Waals surface area contributed by atoms with Gasteiger partial charge in [0, 0.05) is 12.1 Å². The minimum absolute atomic E-state index is 0.0610. The lowest BCUT2D eigenvalue weighted by Crippen LogP contribution is -2.36. The standard InChI is InChI=1S/C18H18N2O8S/c1-3-28-17(21)12-19(14-6-4-13(5-7-14)18(22)27-2)29(25,26)16-10-8-15(9-11-16)20(23)24/h4-11H,3,12H2,1-2H3. The number of methoxy groups -OCH3 is 1. The van der Waals surface area contributed by atoms with Crippen molar-refractivity contribution in [3.8, 4) is 0 Å². The maximum absolute atomic E-state index is 13.1. The van der Waals surface area contributed by atoms with Crippen LogP contribution in [0.5, 0.6) is 0 Å². The summed E-state index contributed by atoms with van der Waals surface area (Å²) in [7, 11) is -3.04. The van der Waals surface area contributed by atoms with Crippen molar-refractivity contribution < 1.29 is 32.4 Å². The van der Waals surface area contributed by atoms with Gasteiger partial charge in [-0.05, 0) is 43.3 Å². The molecule has 0 amide bonds. The Morgan fingerprint density at radius 2 is 1.66 bits per heavy atom. The summed E-state index contributed by atoms with van der Waals surface area (Å²) in [6.45, 7) is 1.02. The van der Waals surface area contributed by atoms with E-state index in [1.807, 2.05) is 0 Å². The van der Waals surface area contributed by atoms with Gasteiger partial charge in [-0.25, -0.2) is 13.2 Å². The first-order valence-corrected chi connectivity index (χ1v) is 9.76. The summed E-state index contributed by atoms with van der Waals surface area (Å²) in [6, 6.07) is 9.65. The number of nitrogens with zero attached hydrogens (tertiary/aromatic N) is 2. The molecule has 11 heteroatoms. The van der Waals surface area contributed by atoms with Crippen LogP contribution < -0.4 is 4.31 Å². The van der Waals surface area contributed by atoms with Crippen LogP contribution in [0.3, 0.4) is 0 Å². The van der Waals surface area contributed by atoms with Crippen LogP contribution in [0.1, 0.15) is 17.3 Å². The van der Waals surface area contributed by atoms with E-state index in [1.165, 1.54) is 31.4 Å². The molecular weight excluding hydrogens is 404 g/mol. The summed E-state index contributed by atoms with van der Waals surface area (Å²) in [4.78, 5) is 33.5. The number of benzene rings is 2. The molecule has 0 aliphatic rings. The highest BCUT2D eigenvalue weighted by molar-refractivity contribution is 7.92. The van der Waals surface area contributed by atoms with Crippen molar-refractivity contribution in [2.45, 2.75) is 11.8 Å². The van der Waals surface area contributed by atoms with Crippen LogP contribution in [0, 0.1) is 10.1 Å². The van der Waals surface area contributed by atoms with E-state index >= 15 is 0 Å². The number of nitro groups is 1. The smallest absolute Gasteiger partial charge is 0.337 e. The van der Waals surface area contributed by atoms with Gasteiger partial charge in [-0.2, -0.15) is 0 Å². The monoisotopic (exact) mass is 422 g/mol. The fourth-order valence-corrected chi connectivity index (χ4v) is 3.80. The molecule has 0 aromatic heterocycles. The molecule has 0 saturated carbocycles. The summed E-state index contributed by atoms with van der Waals surface area (Å²) < 4.78 is 36.4. The zero-order valence-corrected chi connectivity index (χ0v) is 16.4. The largest absolute Gasteiger partial charge is 0.465 e. The van der Waals surface area contributed by atoms with E-state index < -0.39 is 33.4 Å². The molecule has 2 rings (SSSR count). The van der Waals surface area contributed by atoms with Crippen LogP contribution in [0.2, 0.25) is 0 Å². The molecule has 29 heavy (non-hydrogen) atoms. The zero-order chi connectivity index (χ0) is 21.6. The Bertz CT molecular complexity index is 1000. The van der Waals surface area contributed by atoms with Gasteiger partial charge in [0.1, 0.15) is 6.54 Å². The van der Waals surface area contributed by atoms with Crippen LogP contribution in [0.4, 0.5) is 11.4 Å². The van der Waals surface area contributed by atoms with Gasteiger partial charge in [0.25, 0.3) is 15.7 Å². The summed E-state index contributed by atoms with van der Waals surface area (Å²) in [5.41, 5.74) is 0.0208. The van der Waals surface area contributed by atoms with Gasteiger partial charge in [-0.1, -0.05) is 0 Å². The minimum Gasteiger partial charge on any atom is -0.465 e. The maximum atomic E-state index is 13.1. The van der Waals surface area contributed by atoms with Crippen molar-refractivity contribution in [2.24, 2.45) is 0 Å². The number of hydrogen-bond acceptors (Lipinski definition) is 8. The topological polar surface area (TPSA) is 133 Å². The number of esters is 2. The zero-order valence-electron chi connectivity index (χ0n) is 15.6. The molecule has 0 bridgehead atoms. The Balaban J connectivity index is 2.47. The molecule has 0 radical (unpaired) electrons. The summed E-state index contributed by atoms with van der Waals surface area (Å²) in [5, 5.41) is 10.8. The highest BCUT2D eigenvalue weighted by atomic mass is 32.2. The Morgan fingerprint density at radius 1 is 1.07 bits per heavy atom. The number of carbonyl (C=O) groups is 2. The molecule has 0 atom stereocenters. The molecule has 0 heterocycles. The molecule has 0 saturated heterocycles. The number of sulfonamides is 1. The maximum Gasteiger partial charge on any atom is 0.337 e. The molecule has 154 valence electrons. The van der Waals surface area contributed by atoms with E-state index in [2.05, 4.69) is 4.74 Å². The second kappa shape index (κ2) is 9.15. The number of anilines is 1. The summed E-state index contributed by atoms with van der Waals surface area (Å²) in [6.07, 6.45) is 0. The van der Waals surface area contributed by atoms with Gasteiger partial charge < -0.3 is 9.47 Å². The molecule has 0 spiro atoms. The van der Waals surface area contributed by atoms with E-state index in [4.69, 9.17) is 4.74 Å². The van der Waals surface area contributed by atoms with Crippen molar-refractivity contribution >= 4 is 33.3 Å². The predicted octanol–water partition coefficient (Wildman–Crippen LogP) is 2.14. The lowest BCUT2D eigenvalue weighted by molar-refractivity contribution is -0.384. The van der Waals surface area contributed by atoms with Crippen LogP contribution in [-0.2, 0) is 24.3 Å². The lowest BCUT2D eigenvalue weighted by Gasteiger charge is -2.23. The first-order valence-electron chi connectivity index (χ1n) is 8.32. The highest BCUT2D eigenvalue weighted by Crippen LogP contribution is 2.25. The molecule has 10 nitrogen and oxygen atoms in total. The number of ether oxygens (including phenoxy) is 2. The SMILES string of the molecule is CCOC(=O)CN(c1ccc(C(=O)OC)cc1)S(=O)(=O)c1ccc([N+](=O)[O-])cc1. The molecule has 0 aliphatic heterocycles. The second-order valence-corrected chi connectivity index (χ2v) is 7.47. The van der Waals surface area contributed by atoms with Crippen LogP contribution >= 0.6 is 0 Å². The average molecular weight is 422 g/mol. The Hall–Kier alpha value is -3.47. The number of carbonyl (C=O) groups excluding carboxylic acids is 2. The molecule has 0 fully saturated rings. The first kappa shape index (κ1) is 21.8. The Kier molecular flexibility index (Phi) is 6.89. The second-order valence-electron chi connectivity index (χ2n) is 5.61. The fourth-order valence-electron chi connectivity index (χ4n) is 2.39. The third kappa shape index (κ3) is 5.08. The van der Waals surface area contributed by atoms with Gasteiger partial charge in [-0.15, -0.1) is 0 Å². The Morgan fingerprint density at radius 3 is 2.14 bits per heavy atom. The average Bonchev–Trinajstić information content (AvgIpc) is 2.71. The third-order valence-corrected chi connectivity index (χ3v) is 5.58. The van der Waals surface area contributed by atoms with Crippen LogP contribution in [0.25, 0.3) is 0 Å². The molecule has 0 aliphatic carbocycles. The van der Waals surface area contributed by atoms with Gasteiger partial charge in [0.2, 0.25) is 0 Å². The molecule has 0 unspecified atom stereocenters. The molecular formula is C18H18N2O8S. The van der Waals surface area contributed by atoms with Crippen molar-refractivity contribution in [1.29, 1.82) is 0 Å².